The van der Waals surface area contributed by atoms with Crippen molar-refractivity contribution in [2.45, 2.75) is 0 Å². The van der Waals surface area contributed by atoms with Crippen molar-refractivity contribution >= 4 is 42.9 Å². The summed E-state index contributed by atoms with van der Waals surface area (Å²) in [5, 5.41) is 0.656. The van der Waals surface area contributed by atoms with Gasteiger partial charge in [-0.25, -0.2) is 8.42 Å². The highest BCUT2D eigenvalue weighted by Crippen LogP contribution is 2.32. The van der Waals surface area contributed by atoms with E-state index in [-0.39, 0.29) is 18.1 Å². The van der Waals surface area contributed by atoms with Gasteiger partial charge in [-0.05, 0) is 12.1 Å². The van der Waals surface area contributed by atoms with E-state index in [4.69, 9.17) is 38.6 Å². The molecule has 0 saturated carbocycles. The summed E-state index contributed by atoms with van der Waals surface area (Å²) in [4.78, 5) is 0. The minimum Gasteiger partial charge on any atom is -0.489 e. The van der Waals surface area contributed by atoms with Gasteiger partial charge in [0.25, 0.3) is 0 Å². The molecule has 0 atom stereocenters. The van der Waals surface area contributed by atoms with Crippen LogP contribution in [-0.4, -0.2) is 20.8 Å². The molecule has 0 radical (unpaired) electrons. The first-order chi connectivity index (χ1) is 6.90. The second-order valence-electron chi connectivity index (χ2n) is 2.64. The molecule has 0 N–H and O–H groups in total. The predicted molar refractivity (Wildman–Crippen MR) is 61.6 cm³/mol. The molecule has 1 rings (SSSR count). The van der Waals surface area contributed by atoms with E-state index < -0.39 is 9.05 Å². The van der Waals surface area contributed by atoms with Crippen LogP contribution in [0.15, 0.2) is 18.2 Å². The van der Waals surface area contributed by atoms with Crippen LogP contribution in [0.4, 0.5) is 0 Å². The smallest absolute Gasteiger partial charge is 0.235 e. The first-order valence-corrected chi connectivity index (χ1v) is 7.13. The average molecular weight is 290 g/mol. The van der Waals surface area contributed by atoms with E-state index in [1.807, 2.05) is 0 Å². The molecule has 3 nitrogen and oxygen atoms in total. The van der Waals surface area contributed by atoms with Gasteiger partial charge in [-0.3, -0.25) is 0 Å². The van der Waals surface area contributed by atoms with Crippen LogP contribution >= 0.6 is 33.9 Å². The summed E-state index contributed by atoms with van der Waals surface area (Å²) in [5.74, 6) is -0.0306. The van der Waals surface area contributed by atoms with Crippen LogP contribution in [0.5, 0.6) is 5.75 Å². The van der Waals surface area contributed by atoms with Crippen molar-refractivity contribution in [1.82, 2.24) is 0 Å². The second kappa shape index (κ2) is 5.25. The largest absolute Gasteiger partial charge is 0.489 e. The minimum absolute atomic E-state index is 0.0880. The van der Waals surface area contributed by atoms with E-state index in [1.165, 1.54) is 0 Å². The Balaban J connectivity index is 2.66. The number of benzene rings is 1. The van der Waals surface area contributed by atoms with Crippen molar-refractivity contribution in [1.29, 1.82) is 0 Å². The summed E-state index contributed by atoms with van der Waals surface area (Å²) < 4.78 is 26.3. The minimum atomic E-state index is -3.56. The van der Waals surface area contributed by atoms with Crippen molar-refractivity contribution < 1.29 is 13.2 Å². The molecular formula is C8H7Cl3O3S. The molecule has 0 aliphatic carbocycles. The second-order valence-corrected chi connectivity index (χ2v) is 6.35. The zero-order valence-electron chi connectivity index (χ0n) is 7.41. The number of hydrogen-bond acceptors (Lipinski definition) is 3. The highest BCUT2D eigenvalue weighted by atomic mass is 35.7. The molecule has 1 aromatic carbocycles. The van der Waals surface area contributed by atoms with Crippen molar-refractivity contribution in [3.63, 3.8) is 0 Å². The van der Waals surface area contributed by atoms with E-state index in [0.29, 0.717) is 10.0 Å². The Bertz CT molecular complexity index is 424. The molecule has 0 unspecified atom stereocenters. The van der Waals surface area contributed by atoms with Crippen LogP contribution < -0.4 is 4.74 Å². The number of para-hydroxylation sites is 1. The summed E-state index contributed by atoms with van der Waals surface area (Å²) in [5.41, 5.74) is 0. The fraction of sp³-hybridized carbons (Fsp3) is 0.250. The molecule has 1 aromatic rings. The molecule has 0 aliphatic rings. The highest BCUT2D eigenvalue weighted by Gasteiger charge is 2.09. The Labute approximate surface area is 102 Å². The maximum Gasteiger partial charge on any atom is 0.235 e. The molecular weight excluding hydrogens is 283 g/mol. The van der Waals surface area contributed by atoms with E-state index in [9.17, 15) is 8.42 Å². The van der Waals surface area contributed by atoms with Gasteiger partial charge in [0.1, 0.15) is 6.61 Å². The molecule has 0 fully saturated rings. The number of hydrogen-bond donors (Lipinski definition) is 0. The maximum atomic E-state index is 10.6. The summed E-state index contributed by atoms with van der Waals surface area (Å²) in [7, 11) is 1.45. The summed E-state index contributed by atoms with van der Waals surface area (Å²) in [6.45, 7) is -0.0880. The summed E-state index contributed by atoms with van der Waals surface area (Å²) >= 11 is 11.6. The van der Waals surface area contributed by atoms with E-state index in [1.54, 1.807) is 18.2 Å². The first kappa shape index (κ1) is 12.9. The molecule has 0 aromatic heterocycles. The lowest BCUT2D eigenvalue weighted by atomic mass is 10.3. The lowest BCUT2D eigenvalue weighted by Gasteiger charge is -2.08. The van der Waals surface area contributed by atoms with Gasteiger partial charge in [0.05, 0.1) is 15.8 Å². The first-order valence-electron chi connectivity index (χ1n) is 3.89. The van der Waals surface area contributed by atoms with Crippen LogP contribution in [-0.2, 0) is 9.05 Å². The molecule has 0 amide bonds. The molecule has 0 saturated heterocycles. The van der Waals surface area contributed by atoms with Crippen molar-refractivity contribution in [2.75, 3.05) is 12.4 Å². The van der Waals surface area contributed by atoms with Crippen LogP contribution in [0, 0.1) is 0 Å². The van der Waals surface area contributed by atoms with Gasteiger partial charge in [0, 0.05) is 10.7 Å². The molecule has 0 aliphatic heterocycles. The van der Waals surface area contributed by atoms with Crippen molar-refractivity contribution in [3.8, 4) is 5.75 Å². The molecule has 0 spiro atoms. The van der Waals surface area contributed by atoms with Crippen LogP contribution in [0.1, 0.15) is 0 Å². The average Bonchev–Trinajstić information content (AvgIpc) is 2.08. The third-order valence-corrected chi connectivity index (χ3v) is 3.20. The van der Waals surface area contributed by atoms with E-state index >= 15 is 0 Å². The molecule has 15 heavy (non-hydrogen) atoms. The van der Waals surface area contributed by atoms with Gasteiger partial charge < -0.3 is 4.74 Å². The Morgan fingerprint density at radius 3 is 2.20 bits per heavy atom. The normalized spacial score (nSPS) is 11.4. The van der Waals surface area contributed by atoms with Gasteiger partial charge in [-0.15, -0.1) is 0 Å². The van der Waals surface area contributed by atoms with E-state index in [0.717, 1.165) is 0 Å². The Kier molecular flexibility index (Phi) is 4.52. The van der Waals surface area contributed by atoms with Gasteiger partial charge in [-0.1, -0.05) is 29.3 Å². The van der Waals surface area contributed by atoms with Crippen LogP contribution in [0.25, 0.3) is 0 Å². The monoisotopic (exact) mass is 288 g/mol. The number of rotatable bonds is 4. The lowest BCUT2D eigenvalue weighted by molar-refractivity contribution is 0.342. The van der Waals surface area contributed by atoms with Gasteiger partial charge >= 0.3 is 0 Å². The summed E-state index contributed by atoms with van der Waals surface area (Å²) in [6.07, 6.45) is 0. The predicted octanol–water partition coefficient (Wildman–Crippen LogP) is 2.94. The highest BCUT2D eigenvalue weighted by molar-refractivity contribution is 8.13. The zero-order chi connectivity index (χ0) is 11.5. The molecule has 0 heterocycles. The van der Waals surface area contributed by atoms with Crippen LogP contribution in [0.2, 0.25) is 10.0 Å². The number of halogens is 3. The van der Waals surface area contributed by atoms with Gasteiger partial charge in [0.2, 0.25) is 9.05 Å². The fourth-order valence-corrected chi connectivity index (χ4v) is 1.84. The van der Waals surface area contributed by atoms with Gasteiger partial charge in [-0.2, -0.15) is 0 Å². The SMILES string of the molecule is O=S(=O)(Cl)CCOc1c(Cl)cccc1Cl. The van der Waals surface area contributed by atoms with E-state index in [2.05, 4.69) is 0 Å². The van der Waals surface area contributed by atoms with Crippen molar-refractivity contribution in [3.05, 3.63) is 28.2 Å². The Morgan fingerprint density at radius 2 is 1.73 bits per heavy atom. The Morgan fingerprint density at radius 1 is 1.20 bits per heavy atom. The third kappa shape index (κ3) is 4.47. The lowest BCUT2D eigenvalue weighted by Crippen LogP contribution is -2.09. The van der Waals surface area contributed by atoms with Gasteiger partial charge in [0.15, 0.2) is 5.75 Å². The fourth-order valence-electron chi connectivity index (χ4n) is 0.864. The third-order valence-electron chi connectivity index (χ3n) is 1.49. The quantitative estimate of drug-likeness (QED) is 0.801. The zero-order valence-corrected chi connectivity index (χ0v) is 10.5. The van der Waals surface area contributed by atoms with Crippen LogP contribution in [0.3, 0.4) is 0 Å². The topological polar surface area (TPSA) is 43.4 Å². The maximum absolute atomic E-state index is 10.6. The molecule has 0 bridgehead atoms. The summed E-state index contributed by atoms with van der Waals surface area (Å²) in [6, 6.07) is 4.85. The number of ether oxygens (including phenoxy) is 1. The van der Waals surface area contributed by atoms with Crippen molar-refractivity contribution in [2.24, 2.45) is 0 Å². The standard InChI is InChI=1S/C8H7Cl3O3S/c9-6-2-1-3-7(10)8(6)14-4-5-15(11,12)13/h1-3H,4-5H2. The Hall–Kier alpha value is -0.160. The molecule has 7 heteroatoms. The molecule has 84 valence electrons.